The molecule has 4 saturated carbocycles. The number of aryl methyl sites for hydroxylation is 4. The summed E-state index contributed by atoms with van der Waals surface area (Å²) in [5.74, 6) is 2.67. The molecule has 0 amide bonds. The highest BCUT2D eigenvalue weighted by atomic mass is 32.1. The summed E-state index contributed by atoms with van der Waals surface area (Å²) in [4.78, 5) is 37.5. The van der Waals surface area contributed by atoms with Crippen molar-refractivity contribution in [1.82, 2.24) is 87.7 Å². The standard InChI is InChI=1S/C15H17N5O.C15H17N5S.2C14H16N6S/c2*1-9-6-11(21-7-9)13-12-14(16)17-8-18-15(12)20(19-13)10-4-2-3-5-10;1-8-6-18-21-12(8)11-10-13(15)16-7-17-14(10)20(19-11)9-4-2-3-5-9;1-8-6-10(21-19-8)12-11-13(15)16-7-17-14(11)20(18-12)9-4-2-3-5-9/h2*6-8,10H,2-5H2,1H3,(H2,16,17,18);2*6-7,9H,2-5H2,1H3,(H2,15,16,17). The van der Waals surface area contributed by atoms with Crippen molar-refractivity contribution in [2.75, 3.05) is 22.9 Å². The summed E-state index contributed by atoms with van der Waals surface area (Å²) in [5, 5.41) is 24.8. The second kappa shape index (κ2) is 23.4. The molecule has 0 bridgehead atoms. The predicted octanol–water partition coefficient (Wildman–Crippen LogP) is 12.6. The topological polar surface area (TPSA) is 317 Å². The highest BCUT2D eigenvalue weighted by molar-refractivity contribution is 7.13. The van der Waals surface area contributed by atoms with Crippen LogP contribution < -0.4 is 22.9 Å². The Hall–Kier alpha value is -8.36. The molecule has 12 heterocycles. The van der Waals surface area contributed by atoms with Gasteiger partial charge in [0.2, 0.25) is 0 Å². The van der Waals surface area contributed by atoms with Gasteiger partial charge in [-0.05, 0) is 142 Å². The molecule has 0 radical (unpaired) electrons. The average Bonchev–Trinajstić information content (AvgIpc) is 3.32. The molecule has 12 aromatic rings. The molecule has 16 rings (SSSR count). The Morgan fingerprint density at radius 3 is 1.23 bits per heavy atom. The first-order valence-corrected chi connectivity index (χ1v) is 31.3. The Bertz CT molecular complexity index is 3960. The number of anilines is 4. The highest BCUT2D eigenvalue weighted by Crippen LogP contribution is 2.42. The number of rotatable bonds is 8. The number of nitrogen functional groups attached to an aromatic ring is 4. The van der Waals surface area contributed by atoms with Gasteiger partial charge in [0.05, 0.1) is 72.3 Å². The highest BCUT2D eigenvalue weighted by Gasteiger charge is 2.30. The number of furan rings is 1. The van der Waals surface area contributed by atoms with E-state index in [9.17, 15) is 0 Å². The normalized spacial score (nSPS) is 16.0. The molecule has 432 valence electrons. The largest absolute Gasteiger partial charge is 0.462 e. The van der Waals surface area contributed by atoms with Crippen LogP contribution in [-0.4, -0.2) is 87.7 Å². The summed E-state index contributed by atoms with van der Waals surface area (Å²) in [5.41, 5.74) is 35.5. The van der Waals surface area contributed by atoms with Gasteiger partial charge in [0.1, 0.15) is 71.4 Å². The molecule has 4 fully saturated rings. The maximum atomic E-state index is 6.11. The van der Waals surface area contributed by atoms with Gasteiger partial charge in [0.15, 0.2) is 28.3 Å². The van der Waals surface area contributed by atoms with Crippen LogP contribution in [0.5, 0.6) is 0 Å². The van der Waals surface area contributed by atoms with E-state index in [1.165, 1.54) is 118 Å². The van der Waals surface area contributed by atoms with Crippen LogP contribution in [0.1, 0.15) is 149 Å². The molecule has 4 aliphatic carbocycles. The van der Waals surface area contributed by atoms with Gasteiger partial charge in [-0.2, -0.15) is 24.8 Å². The molecule has 26 heteroatoms. The van der Waals surface area contributed by atoms with Crippen molar-refractivity contribution in [1.29, 1.82) is 0 Å². The molecule has 0 aromatic carbocycles. The first kappa shape index (κ1) is 54.9. The van der Waals surface area contributed by atoms with Crippen LogP contribution in [0.25, 0.3) is 87.3 Å². The summed E-state index contributed by atoms with van der Waals surface area (Å²) in [6, 6.07) is 7.83. The van der Waals surface area contributed by atoms with E-state index in [0.717, 1.165) is 143 Å². The molecule has 0 saturated heterocycles. The minimum absolute atomic E-state index is 0.395. The molecule has 12 aromatic heterocycles. The van der Waals surface area contributed by atoms with Crippen LogP contribution in [0, 0.1) is 27.7 Å². The molecule has 23 nitrogen and oxygen atoms in total. The lowest BCUT2D eigenvalue weighted by Crippen LogP contribution is -2.07. The lowest BCUT2D eigenvalue weighted by atomic mass is 10.2. The molecule has 0 spiro atoms. The van der Waals surface area contributed by atoms with Crippen molar-refractivity contribution >= 4 is 102 Å². The second-order valence-corrected chi connectivity index (χ2v) is 24.9. The summed E-state index contributed by atoms with van der Waals surface area (Å²) >= 11 is 4.59. The maximum Gasteiger partial charge on any atom is 0.164 e. The number of nitrogens with two attached hydrogens (primary N) is 4. The first-order valence-electron chi connectivity index (χ1n) is 28.9. The van der Waals surface area contributed by atoms with Crippen molar-refractivity contribution in [3.05, 3.63) is 83.7 Å². The number of nitrogens with zero attached hydrogens (tertiary/aromatic N) is 18. The smallest absolute Gasteiger partial charge is 0.164 e. The molecular weight excluding hydrogens is 1120 g/mol. The van der Waals surface area contributed by atoms with Crippen LogP contribution in [0.15, 0.2) is 65.8 Å². The van der Waals surface area contributed by atoms with Crippen LogP contribution in [0.4, 0.5) is 23.3 Å². The Balaban J connectivity index is 0.000000104. The van der Waals surface area contributed by atoms with Crippen LogP contribution >= 0.6 is 34.4 Å². The van der Waals surface area contributed by atoms with Crippen molar-refractivity contribution in [2.45, 2.75) is 155 Å². The maximum absolute atomic E-state index is 6.11. The lowest BCUT2D eigenvalue weighted by molar-refractivity contribution is 0.477. The second-order valence-electron chi connectivity index (χ2n) is 22.4. The quantitative estimate of drug-likeness (QED) is 0.110. The zero-order chi connectivity index (χ0) is 57.6. The van der Waals surface area contributed by atoms with Gasteiger partial charge < -0.3 is 27.4 Å². The third kappa shape index (κ3) is 10.5. The number of fused-ring (bicyclic) bond motifs is 4. The van der Waals surface area contributed by atoms with Gasteiger partial charge in [0, 0.05) is 6.20 Å². The SMILES string of the molecule is Cc1cc(-c2nn(C3CCCC3)c3ncnc(N)c23)sn1.Cc1cnsc1-c1nn(C2CCCC2)c2ncnc(N)c12.Cc1coc(-c2nn(C3CCCC3)c3ncnc(N)c23)c1.Cc1csc(-c2nn(C3CCCC3)c3ncnc(N)c23)c1. The molecule has 8 N–H and O–H groups in total. The van der Waals surface area contributed by atoms with E-state index in [2.05, 4.69) is 76.4 Å². The lowest BCUT2D eigenvalue weighted by Gasteiger charge is -2.09. The minimum atomic E-state index is 0.395. The Morgan fingerprint density at radius 1 is 0.452 bits per heavy atom. The molecule has 4 aliphatic rings. The van der Waals surface area contributed by atoms with Gasteiger partial charge in [-0.25, -0.2) is 63.0 Å². The third-order valence-electron chi connectivity index (χ3n) is 16.5. The Kier molecular flexibility index (Phi) is 15.3. The van der Waals surface area contributed by atoms with Gasteiger partial charge in [-0.1, -0.05) is 51.4 Å². The molecule has 84 heavy (non-hydrogen) atoms. The van der Waals surface area contributed by atoms with E-state index in [-0.39, 0.29) is 0 Å². The van der Waals surface area contributed by atoms with E-state index in [1.54, 1.807) is 17.6 Å². The number of hydrogen-bond acceptors (Lipinski definition) is 22. The fourth-order valence-corrected chi connectivity index (χ4v) is 14.8. The van der Waals surface area contributed by atoms with E-state index in [1.807, 2.05) is 48.5 Å². The van der Waals surface area contributed by atoms with Gasteiger partial charge in [0.25, 0.3) is 0 Å². The van der Waals surface area contributed by atoms with Crippen molar-refractivity contribution in [3.8, 4) is 43.2 Å². The summed E-state index contributed by atoms with van der Waals surface area (Å²) in [7, 11) is 0. The van der Waals surface area contributed by atoms with Crippen LogP contribution in [-0.2, 0) is 0 Å². The Labute approximate surface area is 495 Å². The monoisotopic (exact) mass is 1180 g/mol. The fraction of sp³-hybridized carbons (Fsp3) is 0.414. The fourth-order valence-electron chi connectivity index (χ4n) is 12.4. The predicted molar refractivity (Wildman–Crippen MR) is 331 cm³/mol. The van der Waals surface area contributed by atoms with Crippen molar-refractivity contribution in [2.24, 2.45) is 0 Å². The van der Waals surface area contributed by atoms with Gasteiger partial charge in [-0.15, -0.1) is 11.3 Å². The van der Waals surface area contributed by atoms with E-state index >= 15 is 0 Å². The minimum Gasteiger partial charge on any atom is -0.462 e. The third-order valence-corrected chi connectivity index (χ3v) is 19.4. The number of thiophene rings is 1. The van der Waals surface area contributed by atoms with E-state index in [4.69, 9.17) is 47.7 Å². The van der Waals surface area contributed by atoms with Gasteiger partial charge >= 0.3 is 0 Å². The van der Waals surface area contributed by atoms with Crippen LogP contribution in [0.3, 0.4) is 0 Å². The number of hydrogen-bond donors (Lipinski definition) is 4. The van der Waals surface area contributed by atoms with E-state index < -0.39 is 0 Å². The van der Waals surface area contributed by atoms with Crippen molar-refractivity contribution in [3.63, 3.8) is 0 Å². The molecular formula is C58H66N22OS3. The molecule has 0 unspecified atom stereocenters. The van der Waals surface area contributed by atoms with Crippen LogP contribution in [0.2, 0.25) is 0 Å². The zero-order valence-electron chi connectivity index (χ0n) is 47.4. The molecule has 0 atom stereocenters. The molecule has 0 aliphatic heterocycles. The Morgan fingerprint density at radius 2 is 0.857 bits per heavy atom. The van der Waals surface area contributed by atoms with Crippen molar-refractivity contribution < 1.29 is 4.42 Å². The number of aromatic nitrogens is 18. The zero-order valence-corrected chi connectivity index (χ0v) is 49.8. The average molecular weight is 1180 g/mol. The van der Waals surface area contributed by atoms with Gasteiger partial charge in [-0.3, -0.25) is 0 Å². The summed E-state index contributed by atoms with van der Waals surface area (Å²) < 4.78 is 22.4. The summed E-state index contributed by atoms with van der Waals surface area (Å²) in [6.07, 6.45) is 28.9. The summed E-state index contributed by atoms with van der Waals surface area (Å²) in [6.45, 7) is 8.11. The first-order chi connectivity index (χ1) is 41.0. The van der Waals surface area contributed by atoms with E-state index in [0.29, 0.717) is 47.4 Å².